The number of aromatic nitrogens is 2. The largest absolute Gasteiger partial charge is 0.339 e. The minimum Gasteiger partial charge on any atom is -0.339 e. The zero-order chi connectivity index (χ0) is 15.6. The topological polar surface area (TPSA) is 38.1 Å². The second kappa shape index (κ2) is 6.19. The Hall–Kier alpha value is -2.10. The molecule has 1 saturated carbocycles. The molecule has 1 aromatic carbocycles. The summed E-state index contributed by atoms with van der Waals surface area (Å²) in [6.07, 6.45) is 8.84. The van der Waals surface area contributed by atoms with Gasteiger partial charge in [-0.25, -0.2) is 4.68 Å². The molecule has 1 aromatic heterocycles. The molecule has 4 heteroatoms. The summed E-state index contributed by atoms with van der Waals surface area (Å²) in [6.45, 7) is 1.78. The predicted octanol–water partition coefficient (Wildman–Crippen LogP) is 3.77. The molecule has 0 N–H and O–H groups in total. The van der Waals surface area contributed by atoms with Crippen LogP contribution in [0.15, 0.2) is 36.5 Å². The number of para-hydroxylation sites is 1. The summed E-state index contributed by atoms with van der Waals surface area (Å²) in [4.78, 5) is 15.1. The predicted molar refractivity (Wildman–Crippen MR) is 89.9 cm³/mol. The van der Waals surface area contributed by atoms with E-state index in [1.807, 2.05) is 27.8 Å². The maximum absolute atomic E-state index is 13.0. The number of hydrogen-bond donors (Lipinski definition) is 0. The van der Waals surface area contributed by atoms with Gasteiger partial charge in [0.05, 0.1) is 23.1 Å². The third-order valence-electron chi connectivity index (χ3n) is 4.89. The van der Waals surface area contributed by atoms with E-state index in [1.54, 1.807) is 6.20 Å². The average molecular weight is 309 g/mol. The van der Waals surface area contributed by atoms with Gasteiger partial charge in [-0.2, -0.15) is 5.10 Å². The second-order valence-electron chi connectivity index (χ2n) is 6.67. The van der Waals surface area contributed by atoms with Gasteiger partial charge in [-0.1, -0.05) is 31.0 Å². The van der Waals surface area contributed by atoms with Gasteiger partial charge in [-0.3, -0.25) is 4.79 Å². The van der Waals surface area contributed by atoms with Crippen LogP contribution in [-0.2, 0) is 0 Å². The Labute approximate surface area is 137 Å². The molecule has 0 unspecified atom stereocenters. The Bertz CT molecular complexity index is 680. The summed E-state index contributed by atoms with van der Waals surface area (Å²) < 4.78 is 1.97. The molecule has 23 heavy (non-hydrogen) atoms. The minimum atomic E-state index is 0.177. The summed E-state index contributed by atoms with van der Waals surface area (Å²) in [5.41, 5.74) is 2.98. The van der Waals surface area contributed by atoms with Gasteiger partial charge in [0.25, 0.3) is 5.91 Å². The van der Waals surface area contributed by atoms with Gasteiger partial charge in [-0.15, -0.1) is 0 Å². The Morgan fingerprint density at radius 3 is 2.35 bits per heavy atom. The van der Waals surface area contributed by atoms with Crippen LogP contribution in [0.2, 0.25) is 0 Å². The van der Waals surface area contributed by atoms with E-state index in [2.05, 4.69) is 17.2 Å². The first-order valence-corrected chi connectivity index (χ1v) is 8.77. The lowest BCUT2D eigenvalue weighted by Crippen LogP contribution is -2.32. The molecule has 0 radical (unpaired) electrons. The summed E-state index contributed by atoms with van der Waals surface area (Å²) in [6, 6.07) is 10.2. The highest BCUT2D eigenvalue weighted by Gasteiger charge is 2.34. The highest BCUT2D eigenvalue weighted by molar-refractivity contribution is 5.95. The molecule has 1 aliphatic heterocycles. The third-order valence-corrected chi connectivity index (χ3v) is 4.89. The van der Waals surface area contributed by atoms with Gasteiger partial charge in [0.1, 0.15) is 0 Å². The van der Waals surface area contributed by atoms with Crippen LogP contribution in [0.3, 0.4) is 0 Å². The molecule has 1 amide bonds. The van der Waals surface area contributed by atoms with Crippen LogP contribution >= 0.6 is 0 Å². The monoisotopic (exact) mass is 309 g/mol. The van der Waals surface area contributed by atoms with E-state index in [9.17, 15) is 4.79 Å². The lowest BCUT2D eigenvalue weighted by atomic mass is 10.1. The van der Waals surface area contributed by atoms with E-state index >= 15 is 0 Å². The molecule has 2 aromatic rings. The number of carbonyl (C=O) groups is 1. The number of benzene rings is 1. The molecule has 4 rings (SSSR count). The standard InChI is InChI=1S/C19H23N3O/c23-19(21-12-6-1-2-7-13-21)17-14-20-22(18(17)15-10-11-15)16-8-4-3-5-9-16/h3-5,8-9,14-15H,1-2,6-7,10-13H2. The van der Waals surface area contributed by atoms with Crippen LogP contribution < -0.4 is 0 Å². The SMILES string of the molecule is O=C(c1cnn(-c2ccccc2)c1C1CC1)N1CCCCCC1. The Kier molecular flexibility index (Phi) is 3.90. The van der Waals surface area contributed by atoms with Crippen molar-refractivity contribution in [1.82, 2.24) is 14.7 Å². The number of rotatable bonds is 3. The zero-order valence-corrected chi connectivity index (χ0v) is 13.4. The number of nitrogens with zero attached hydrogens (tertiary/aromatic N) is 3. The summed E-state index contributed by atoms with van der Waals surface area (Å²) in [7, 11) is 0. The molecule has 1 aliphatic carbocycles. The molecule has 1 saturated heterocycles. The molecule has 2 heterocycles. The van der Waals surface area contributed by atoms with Gasteiger partial charge in [-0.05, 0) is 37.8 Å². The summed E-state index contributed by atoms with van der Waals surface area (Å²) >= 11 is 0. The van der Waals surface area contributed by atoms with E-state index in [0.29, 0.717) is 5.92 Å². The maximum Gasteiger partial charge on any atom is 0.257 e. The molecular weight excluding hydrogens is 286 g/mol. The van der Waals surface area contributed by atoms with Crippen LogP contribution in [0.25, 0.3) is 5.69 Å². The van der Waals surface area contributed by atoms with Crippen molar-refractivity contribution in [3.63, 3.8) is 0 Å². The van der Waals surface area contributed by atoms with Crippen LogP contribution in [0.1, 0.15) is 60.5 Å². The molecule has 120 valence electrons. The molecular formula is C19H23N3O. The molecule has 0 atom stereocenters. The molecule has 0 bridgehead atoms. The molecule has 2 aliphatic rings. The molecule has 2 fully saturated rings. The van der Waals surface area contributed by atoms with E-state index in [-0.39, 0.29) is 5.91 Å². The Balaban J connectivity index is 1.69. The Morgan fingerprint density at radius 2 is 1.70 bits per heavy atom. The molecule has 4 nitrogen and oxygen atoms in total. The fourth-order valence-corrected chi connectivity index (χ4v) is 3.49. The van der Waals surface area contributed by atoms with Crippen molar-refractivity contribution in [1.29, 1.82) is 0 Å². The van der Waals surface area contributed by atoms with Crippen molar-refractivity contribution < 1.29 is 4.79 Å². The average Bonchev–Trinajstić information content (AvgIpc) is 3.38. The molecule has 0 spiro atoms. The van der Waals surface area contributed by atoms with Gasteiger partial charge in [0, 0.05) is 19.0 Å². The maximum atomic E-state index is 13.0. The van der Waals surface area contributed by atoms with Gasteiger partial charge in [0.15, 0.2) is 0 Å². The normalized spacial score (nSPS) is 18.7. The number of amides is 1. The first-order chi connectivity index (χ1) is 11.3. The van der Waals surface area contributed by atoms with Crippen LogP contribution in [-0.4, -0.2) is 33.7 Å². The van der Waals surface area contributed by atoms with Crippen molar-refractivity contribution in [3.8, 4) is 5.69 Å². The van der Waals surface area contributed by atoms with Crippen LogP contribution in [0, 0.1) is 0 Å². The number of likely N-dealkylation sites (tertiary alicyclic amines) is 1. The summed E-state index contributed by atoms with van der Waals surface area (Å²) in [5.74, 6) is 0.666. The Morgan fingerprint density at radius 1 is 1.00 bits per heavy atom. The third kappa shape index (κ3) is 2.90. The fraction of sp³-hybridized carbons (Fsp3) is 0.474. The van der Waals surface area contributed by atoms with Gasteiger partial charge in [0.2, 0.25) is 0 Å². The second-order valence-corrected chi connectivity index (χ2v) is 6.67. The lowest BCUT2D eigenvalue weighted by Gasteiger charge is -2.20. The van der Waals surface area contributed by atoms with E-state index in [1.165, 1.54) is 25.7 Å². The van der Waals surface area contributed by atoms with Crippen molar-refractivity contribution in [2.75, 3.05) is 13.1 Å². The number of carbonyl (C=O) groups excluding carboxylic acids is 1. The smallest absolute Gasteiger partial charge is 0.257 e. The van der Waals surface area contributed by atoms with E-state index in [4.69, 9.17) is 0 Å². The zero-order valence-electron chi connectivity index (χ0n) is 13.4. The van der Waals surface area contributed by atoms with Crippen molar-refractivity contribution in [2.45, 2.75) is 44.4 Å². The van der Waals surface area contributed by atoms with Crippen molar-refractivity contribution in [2.24, 2.45) is 0 Å². The first kappa shape index (κ1) is 14.5. The van der Waals surface area contributed by atoms with Gasteiger partial charge >= 0.3 is 0 Å². The van der Waals surface area contributed by atoms with Crippen molar-refractivity contribution >= 4 is 5.91 Å². The van der Waals surface area contributed by atoms with E-state index < -0.39 is 0 Å². The van der Waals surface area contributed by atoms with Crippen LogP contribution in [0.5, 0.6) is 0 Å². The van der Waals surface area contributed by atoms with Crippen molar-refractivity contribution in [3.05, 3.63) is 47.8 Å². The minimum absolute atomic E-state index is 0.177. The first-order valence-electron chi connectivity index (χ1n) is 8.77. The summed E-state index contributed by atoms with van der Waals surface area (Å²) in [5, 5.41) is 4.56. The number of hydrogen-bond acceptors (Lipinski definition) is 2. The van der Waals surface area contributed by atoms with Crippen LogP contribution in [0.4, 0.5) is 0 Å². The quantitative estimate of drug-likeness (QED) is 0.865. The van der Waals surface area contributed by atoms with E-state index in [0.717, 1.165) is 42.9 Å². The highest BCUT2D eigenvalue weighted by atomic mass is 16.2. The fourth-order valence-electron chi connectivity index (χ4n) is 3.49. The van der Waals surface area contributed by atoms with Gasteiger partial charge < -0.3 is 4.90 Å². The highest BCUT2D eigenvalue weighted by Crippen LogP contribution is 2.42. The lowest BCUT2D eigenvalue weighted by molar-refractivity contribution is 0.0760.